The maximum atomic E-state index is 14.7. The van der Waals surface area contributed by atoms with Gasteiger partial charge in [-0.25, -0.2) is 9.07 Å². The van der Waals surface area contributed by atoms with Gasteiger partial charge in [-0.3, -0.25) is 9.55 Å². The SMILES string of the molecule is CCCn1c(-c2ccncc2)nn(CN2CCCc3cc(C)cc(F)c32)c1=S. The number of benzene rings is 1. The Morgan fingerprint density at radius 3 is 2.75 bits per heavy atom. The van der Waals surface area contributed by atoms with Crippen molar-refractivity contribution >= 4 is 17.9 Å². The molecule has 1 aromatic carbocycles. The molecule has 7 heteroatoms. The summed E-state index contributed by atoms with van der Waals surface area (Å²) < 4.78 is 19.3. The van der Waals surface area contributed by atoms with Gasteiger partial charge in [-0.15, -0.1) is 5.10 Å². The molecule has 0 radical (unpaired) electrons. The summed E-state index contributed by atoms with van der Waals surface area (Å²) in [4.78, 5) is 6.15. The molecular formula is C21H24FN5S. The second-order valence-electron chi connectivity index (χ2n) is 7.26. The quantitative estimate of drug-likeness (QED) is 0.583. The molecule has 0 N–H and O–H groups in total. The van der Waals surface area contributed by atoms with Crippen LogP contribution in [0.2, 0.25) is 0 Å². The standard InChI is InChI=1S/C21H24FN5S/c1-3-10-26-20(16-6-8-23-9-7-16)24-27(21(26)28)14-25-11-4-5-17-12-15(2)13-18(22)19(17)25/h6-9,12-13H,3-5,10-11,14H2,1-2H3. The Morgan fingerprint density at radius 1 is 1.21 bits per heavy atom. The Hall–Kier alpha value is -2.54. The smallest absolute Gasteiger partial charge is 0.199 e. The van der Waals surface area contributed by atoms with Crippen LogP contribution < -0.4 is 4.90 Å². The Labute approximate surface area is 169 Å². The summed E-state index contributed by atoms with van der Waals surface area (Å²) in [5.41, 5.74) is 3.70. The van der Waals surface area contributed by atoms with E-state index in [0.717, 1.165) is 54.9 Å². The average molecular weight is 398 g/mol. The predicted octanol–water partition coefficient (Wildman–Crippen LogP) is 4.74. The highest BCUT2D eigenvalue weighted by atomic mass is 32.1. The van der Waals surface area contributed by atoms with Gasteiger partial charge in [-0.1, -0.05) is 13.0 Å². The molecule has 0 unspecified atom stereocenters. The lowest BCUT2D eigenvalue weighted by molar-refractivity contribution is 0.521. The number of rotatable bonds is 5. The molecule has 4 rings (SSSR count). The van der Waals surface area contributed by atoms with E-state index < -0.39 is 0 Å². The Kier molecular flexibility index (Phi) is 5.26. The number of halogens is 1. The molecule has 146 valence electrons. The van der Waals surface area contributed by atoms with Crippen molar-refractivity contribution in [2.24, 2.45) is 0 Å². The third-order valence-corrected chi connectivity index (χ3v) is 5.52. The van der Waals surface area contributed by atoms with Crippen molar-refractivity contribution < 1.29 is 4.39 Å². The largest absolute Gasteiger partial charge is 0.349 e. The fraction of sp³-hybridized carbons (Fsp3) is 0.381. The van der Waals surface area contributed by atoms with E-state index in [9.17, 15) is 4.39 Å². The van der Waals surface area contributed by atoms with Crippen molar-refractivity contribution in [2.45, 2.75) is 46.3 Å². The lowest BCUT2D eigenvalue weighted by Crippen LogP contribution is -2.33. The molecule has 0 amide bonds. The number of aryl methyl sites for hydroxylation is 2. The van der Waals surface area contributed by atoms with Crippen LogP contribution in [0.5, 0.6) is 0 Å². The molecule has 0 bridgehead atoms. The molecule has 3 heterocycles. The Balaban J connectivity index is 1.73. The minimum atomic E-state index is -0.163. The van der Waals surface area contributed by atoms with Gasteiger partial charge in [0.15, 0.2) is 10.6 Å². The predicted molar refractivity (Wildman–Crippen MR) is 111 cm³/mol. The monoisotopic (exact) mass is 397 g/mol. The first-order valence-electron chi connectivity index (χ1n) is 9.70. The van der Waals surface area contributed by atoms with Gasteiger partial charge in [0, 0.05) is 31.0 Å². The van der Waals surface area contributed by atoms with Crippen LogP contribution in [-0.4, -0.2) is 25.9 Å². The molecule has 0 saturated heterocycles. The van der Waals surface area contributed by atoms with Crippen molar-refractivity contribution in [2.75, 3.05) is 11.4 Å². The zero-order valence-electron chi connectivity index (χ0n) is 16.2. The molecule has 0 aliphatic carbocycles. The number of hydrogen-bond acceptors (Lipinski definition) is 4. The fourth-order valence-corrected chi connectivity index (χ4v) is 4.18. The van der Waals surface area contributed by atoms with E-state index in [4.69, 9.17) is 17.3 Å². The molecule has 2 aromatic heterocycles. The average Bonchev–Trinajstić information content (AvgIpc) is 2.98. The normalized spacial score (nSPS) is 13.6. The molecule has 1 aliphatic heterocycles. The van der Waals surface area contributed by atoms with Crippen molar-refractivity contribution in [1.29, 1.82) is 0 Å². The summed E-state index contributed by atoms with van der Waals surface area (Å²) in [6, 6.07) is 7.56. The van der Waals surface area contributed by atoms with Gasteiger partial charge < -0.3 is 4.90 Å². The Morgan fingerprint density at radius 2 is 2.00 bits per heavy atom. The summed E-state index contributed by atoms with van der Waals surface area (Å²) in [7, 11) is 0. The van der Waals surface area contributed by atoms with Crippen LogP contribution >= 0.6 is 12.2 Å². The van der Waals surface area contributed by atoms with Crippen LogP contribution in [0.25, 0.3) is 11.4 Å². The Bertz CT molecular complexity index is 1040. The van der Waals surface area contributed by atoms with Crippen molar-refractivity contribution in [3.63, 3.8) is 0 Å². The fourth-order valence-electron chi connectivity index (χ4n) is 3.90. The number of aromatic nitrogens is 4. The van der Waals surface area contributed by atoms with E-state index >= 15 is 0 Å². The number of hydrogen-bond donors (Lipinski definition) is 0. The minimum Gasteiger partial charge on any atom is -0.349 e. The summed E-state index contributed by atoms with van der Waals surface area (Å²) >= 11 is 5.73. The second-order valence-corrected chi connectivity index (χ2v) is 7.62. The first kappa shape index (κ1) is 18.8. The lowest BCUT2D eigenvalue weighted by atomic mass is 9.99. The van der Waals surface area contributed by atoms with Crippen molar-refractivity contribution in [3.8, 4) is 11.4 Å². The molecule has 0 atom stereocenters. The van der Waals surface area contributed by atoms with Gasteiger partial charge in [0.25, 0.3) is 0 Å². The van der Waals surface area contributed by atoms with Crippen LogP contribution in [0.3, 0.4) is 0 Å². The zero-order chi connectivity index (χ0) is 19.7. The van der Waals surface area contributed by atoms with E-state index in [0.29, 0.717) is 17.1 Å². The first-order chi connectivity index (χ1) is 13.6. The van der Waals surface area contributed by atoms with Crippen LogP contribution in [0.15, 0.2) is 36.7 Å². The van der Waals surface area contributed by atoms with Crippen LogP contribution in [0, 0.1) is 17.5 Å². The van der Waals surface area contributed by atoms with E-state index in [1.165, 1.54) is 0 Å². The van der Waals surface area contributed by atoms with E-state index in [1.54, 1.807) is 18.5 Å². The molecule has 5 nitrogen and oxygen atoms in total. The number of pyridine rings is 1. The van der Waals surface area contributed by atoms with Crippen LogP contribution in [0.4, 0.5) is 10.1 Å². The zero-order valence-corrected chi connectivity index (χ0v) is 17.0. The molecule has 3 aromatic rings. The third kappa shape index (κ3) is 3.46. The van der Waals surface area contributed by atoms with Crippen molar-refractivity contribution in [1.82, 2.24) is 19.3 Å². The third-order valence-electron chi connectivity index (χ3n) is 5.09. The molecule has 0 saturated carbocycles. The highest BCUT2D eigenvalue weighted by molar-refractivity contribution is 7.71. The second kappa shape index (κ2) is 7.83. The number of nitrogens with zero attached hydrogens (tertiary/aromatic N) is 5. The topological polar surface area (TPSA) is 38.9 Å². The van der Waals surface area contributed by atoms with E-state index in [-0.39, 0.29) is 5.82 Å². The van der Waals surface area contributed by atoms with Gasteiger partial charge in [-0.2, -0.15) is 0 Å². The highest BCUT2D eigenvalue weighted by Crippen LogP contribution is 2.31. The maximum absolute atomic E-state index is 14.7. The van der Waals surface area contributed by atoms with Crippen LogP contribution in [0.1, 0.15) is 30.9 Å². The van der Waals surface area contributed by atoms with Gasteiger partial charge in [0.05, 0.1) is 5.69 Å². The molecule has 0 fully saturated rings. The van der Waals surface area contributed by atoms with Gasteiger partial charge in [0.1, 0.15) is 12.5 Å². The van der Waals surface area contributed by atoms with Crippen molar-refractivity contribution in [3.05, 3.63) is 58.4 Å². The highest BCUT2D eigenvalue weighted by Gasteiger charge is 2.23. The van der Waals surface area contributed by atoms with Gasteiger partial charge >= 0.3 is 0 Å². The number of anilines is 1. The lowest BCUT2D eigenvalue weighted by Gasteiger charge is -2.31. The molecular weight excluding hydrogens is 373 g/mol. The van der Waals surface area contributed by atoms with E-state index in [1.807, 2.05) is 23.7 Å². The minimum absolute atomic E-state index is 0.163. The van der Waals surface area contributed by atoms with Crippen LogP contribution in [-0.2, 0) is 19.6 Å². The first-order valence-corrected chi connectivity index (χ1v) is 10.1. The van der Waals surface area contributed by atoms with E-state index in [2.05, 4.69) is 27.4 Å². The molecule has 28 heavy (non-hydrogen) atoms. The maximum Gasteiger partial charge on any atom is 0.199 e. The number of fused-ring (bicyclic) bond motifs is 1. The molecule has 0 spiro atoms. The summed E-state index contributed by atoms with van der Waals surface area (Å²) in [5, 5.41) is 4.80. The van der Waals surface area contributed by atoms with Gasteiger partial charge in [-0.05, 0) is 67.7 Å². The summed E-state index contributed by atoms with van der Waals surface area (Å²) in [6.45, 7) is 6.08. The van der Waals surface area contributed by atoms with Gasteiger partial charge in [0.2, 0.25) is 0 Å². The molecule has 1 aliphatic rings. The summed E-state index contributed by atoms with van der Waals surface area (Å²) in [6.07, 6.45) is 6.37. The summed E-state index contributed by atoms with van der Waals surface area (Å²) in [5.74, 6) is 0.666.